The number of amides is 2. The molecule has 1 saturated heterocycles. The lowest BCUT2D eigenvalue weighted by Gasteiger charge is -2.31. The molecule has 1 aromatic heterocycles. The minimum absolute atomic E-state index is 0.0541. The largest absolute Gasteiger partial charge is 0.450 e. The Hall–Kier alpha value is -2.31. The zero-order chi connectivity index (χ0) is 17.5. The van der Waals surface area contributed by atoms with Crippen LogP contribution in [0.1, 0.15) is 44.1 Å². The zero-order valence-corrected chi connectivity index (χ0v) is 14.5. The predicted octanol–water partition coefficient (Wildman–Crippen LogP) is 2.25. The number of likely N-dealkylation sites (tertiary alicyclic amines) is 1. The highest BCUT2D eigenvalue weighted by Crippen LogP contribution is 2.13. The molecule has 0 aliphatic carbocycles. The Morgan fingerprint density at radius 3 is 2.58 bits per heavy atom. The van der Waals surface area contributed by atoms with E-state index < -0.39 is 0 Å². The average molecular weight is 334 g/mol. The van der Waals surface area contributed by atoms with Crippen molar-refractivity contribution in [3.8, 4) is 0 Å². The molecule has 2 heterocycles. The van der Waals surface area contributed by atoms with Gasteiger partial charge in [0, 0.05) is 25.2 Å². The number of nitrogens with zero attached hydrogens (tertiary/aromatic N) is 2. The molecule has 2 rings (SSSR count). The number of hydrogen-bond acceptors (Lipinski definition) is 5. The van der Waals surface area contributed by atoms with Gasteiger partial charge in [0.1, 0.15) is 5.69 Å². The van der Waals surface area contributed by atoms with Gasteiger partial charge < -0.3 is 20.3 Å². The Bertz CT molecular complexity index is 551. The van der Waals surface area contributed by atoms with E-state index in [-0.39, 0.29) is 18.0 Å². The van der Waals surface area contributed by atoms with Gasteiger partial charge in [-0.25, -0.2) is 9.78 Å². The molecule has 7 nitrogen and oxygen atoms in total. The maximum atomic E-state index is 12.3. The molecule has 132 valence electrons. The third-order valence-corrected chi connectivity index (χ3v) is 3.81. The second-order valence-electron chi connectivity index (χ2n) is 6.16. The van der Waals surface area contributed by atoms with Crippen LogP contribution in [0.25, 0.3) is 0 Å². The van der Waals surface area contributed by atoms with Crippen LogP contribution in [0.15, 0.2) is 18.3 Å². The van der Waals surface area contributed by atoms with E-state index in [1.807, 2.05) is 19.9 Å². The fraction of sp³-hybridized carbons (Fsp3) is 0.588. The summed E-state index contributed by atoms with van der Waals surface area (Å²) in [5.74, 6) is -0.180. The first-order valence-electron chi connectivity index (χ1n) is 8.44. The summed E-state index contributed by atoms with van der Waals surface area (Å²) in [6.07, 6.45) is 2.82. The minimum Gasteiger partial charge on any atom is -0.450 e. The predicted molar refractivity (Wildman–Crippen MR) is 92.1 cm³/mol. The second kappa shape index (κ2) is 8.52. The SMILES string of the molecule is CCOC(=O)N1CCC(NC(=O)c2ccc(NC(C)C)cn2)CC1. The number of anilines is 1. The lowest BCUT2D eigenvalue weighted by Crippen LogP contribution is -2.46. The molecule has 1 fully saturated rings. The first kappa shape index (κ1) is 18.0. The summed E-state index contributed by atoms with van der Waals surface area (Å²) in [6, 6.07) is 3.94. The van der Waals surface area contributed by atoms with Crippen LogP contribution >= 0.6 is 0 Å². The Morgan fingerprint density at radius 2 is 2.04 bits per heavy atom. The van der Waals surface area contributed by atoms with Gasteiger partial charge in [-0.05, 0) is 45.7 Å². The average Bonchev–Trinajstić information content (AvgIpc) is 2.56. The number of pyridine rings is 1. The van der Waals surface area contributed by atoms with E-state index in [4.69, 9.17) is 4.74 Å². The summed E-state index contributed by atoms with van der Waals surface area (Å²) in [4.78, 5) is 29.8. The molecule has 0 spiro atoms. The van der Waals surface area contributed by atoms with Gasteiger partial charge >= 0.3 is 6.09 Å². The Labute approximate surface area is 142 Å². The zero-order valence-electron chi connectivity index (χ0n) is 14.5. The quantitative estimate of drug-likeness (QED) is 0.863. The summed E-state index contributed by atoms with van der Waals surface area (Å²) in [7, 11) is 0. The summed E-state index contributed by atoms with van der Waals surface area (Å²) in [5, 5.41) is 6.22. The molecule has 0 saturated carbocycles. The van der Waals surface area contributed by atoms with Crippen molar-refractivity contribution in [3.63, 3.8) is 0 Å². The number of carbonyl (C=O) groups is 2. The molecule has 1 aliphatic rings. The smallest absolute Gasteiger partial charge is 0.409 e. The van der Waals surface area contributed by atoms with Crippen molar-refractivity contribution in [1.82, 2.24) is 15.2 Å². The van der Waals surface area contributed by atoms with Crippen LogP contribution in [0.2, 0.25) is 0 Å². The van der Waals surface area contributed by atoms with E-state index >= 15 is 0 Å². The number of aromatic nitrogens is 1. The van der Waals surface area contributed by atoms with Gasteiger partial charge in [-0.2, -0.15) is 0 Å². The molecular weight excluding hydrogens is 308 g/mol. The molecule has 7 heteroatoms. The molecule has 1 aliphatic heterocycles. The maximum absolute atomic E-state index is 12.3. The van der Waals surface area contributed by atoms with Crippen LogP contribution in [0.5, 0.6) is 0 Å². The first-order chi connectivity index (χ1) is 11.5. The second-order valence-corrected chi connectivity index (χ2v) is 6.16. The van der Waals surface area contributed by atoms with Crippen LogP contribution in [0, 0.1) is 0 Å². The highest BCUT2D eigenvalue weighted by atomic mass is 16.6. The molecule has 2 amide bonds. The van der Waals surface area contributed by atoms with Crippen molar-refractivity contribution in [1.29, 1.82) is 0 Å². The van der Waals surface area contributed by atoms with Crippen molar-refractivity contribution >= 4 is 17.7 Å². The normalized spacial score (nSPS) is 15.2. The van der Waals surface area contributed by atoms with Crippen molar-refractivity contribution in [3.05, 3.63) is 24.0 Å². The van der Waals surface area contributed by atoms with Gasteiger partial charge in [0.2, 0.25) is 0 Å². The Morgan fingerprint density at radius 1 is 1.33 bits per heavy atom. The van der Waals surface area contributed by atoms with Crippen molar-refractivity contribution in [2.24, 2.45) is 0 Å². The van der Waals surface area contributed by atoms with E-state index in [1.54, 1.807) is 24.1 Å². The summed E-state index contributed by atoms with van der Waals surface area (Å²) >= 11 is 0. The number of piperidine rings is 1. The fourth-order valence-electron chi connectivity index (χ4n) is 2.63. The van der Waals surface area contributed by atoms with E-state index in [1.165, 1.54) is 0 Å². The molecule has 0 bridgehead atoms. The maximum Gasteiger partial charge on any atom is 0.409 e. The molecule has 0 unspecified atom stereocenters. The number of hydrogen-bond donors (Lipinski definition) is 2. The van der Waals surface area contributed by atoms with Crippen LogP contribution in [-0.2, 0) is 4.74 Å². The van der Waals surface area contributed by atoms with Crippen molar-refractivity contribution in [2.75, 3.05) is 25.0 Å². The number of rotatable bonds is 5. The molecule has 0 aromatic carbocycles. The third kappa shape index (κ3) is 5.11. The summed E-state index contributed by atoms with van der Waals surface area (Å²) in [5.41, 5.74) is 1.29. The standard InChI is InChI=1S/C17H26N4O3/c1-4-24-17(23)21-9-7-13(8-10-21)20-16(22)15-6-5-14(11-18-15)19-12(2)3/h5-6,11-13,19H,4,7-10H2,1-3H3,(H,20,22). The number of carbonyl (C=O) groups excluding carboxylic acids is 2. The van der Waals surface area contributed by atoms with Gasteiger partial charge in [0.25, 0.3) is 5.91 Å². The minimum atomic E-state index is -0.280. The molecular formula is C17H26N4O3. The van der Waals surface area contributed by atoms with Crippen molar-refractivity contribution in [2.45, 2.75) is 45.7 Å². The van der Waals surface area contributed by atoms with Gasteiger partial charge in [0.05, 0.1) is 18.5 Å². The van der Waals surface area contributed by atoms with Gasteiger partial charge in [-0.3, -0.25) is 4.79 Å². The van der Waals surface area contributed by atoms with Crippen LogP contribution < -0.4 is 10.6 Å². The third-order valence-electron chi connectivity index (χ3n) is 3.81. The lowest BCUT2D eigenvalue weighted by atomic mass is 10.1. The van der Waals surface area contributed by atoms with Crippen molar-refractivity contribution < 1.29 is 14.3 Å². The highest BCUT2D eigenvalue weighted by Gasteiger charge is 2.25. The van der Waals surface area contributed by atoms with E-state index in [9.17, 15) is 9.59 Å². The van der Waals surface area contributed by atoms with Crippen LogP contribution in [-0.4, -0.2) is 53.7 Å². The number of ether oxygens (including phenoxy) is 1. The Kier molecular flexibility index (Phi) is 6.40. The molecule has 0 radical (unpaired) electrons. The van der Waals surface area contributed by atoms with E-state index in [0.717, 1.165) is 18.5 Å². The topological polar surface area (TPSA) is 83.6 Å². The monoisotopic (exact) mass is 334 g/mol. The first-order valence-corrected chi connectivity index (χ1v) is 8.44. The van der Waals surface area contributed by atoms with Crippen LogP contribution in [0.4, 0.5) is 10.5 Å². The van der Waals surface area contributed by atoms with E-state index in [0.29, 0.717) is 31.4 Å². The summed E-state index contributed by atoms with van der Waals surface area (Å²) in [6.45, 7) is 7.44. The van der Waals surface area contributed by atoms with Gasteiger partial charge in [0.15, 0.2) is 0 Å². The van der Waals surface area contributed by atoms with Gasteiger partial charge in [-0.1, -0.05) is 0 Å². The molecule has 24 heavy (non-hydrogen) atoms. The highest BCUT2D eigenvalue weighted by molar-refractivity contribution is 5.92. The van der Waals surface area contributed by atoms with E-state index in [2.05, 4.69) is 15.6 Å². The fourth-order valence-corrected chi connectivity index (χ4v) is 2.63. The lowest BCUT2D eigenvalue weighted by molar-refractivity contribution is 0.0856. The molecule has 2 N–H and O–H groups in total. The summed E-state index contributed by atoms with van der Waals surface area (Å²) < 4.78 is 4.99. The molecule has 0 atom stereocenters. The molecule has 1 aromatic rings. The van der Waals surface area contributed by atoms with Crippen LogP contribution in [0.3, 0.4) is 0 Å². The van der Waals surface area contributed by atoms with Gasteiger partial charge in [-0.15, -0.1) is 0 Å². The Balaban J connectivity index is 1.82. The number of nitrogens with one attached hydrogen (secondary N) is 2.